The summed E-state index contributed by atoms with van der Waals surface area (Å²) in [6.07, 6.45) is 0. The lowest BCUT2D eigenvalue weighted by molar-refractivity contribution is -0.167. The quantitative estimate of drug-likeness (QED) is 0.436. The van der Waals surface area contributed by atoms with Crippen LogP contribution in [0.1, 0.15) is 20.8 Å². The van der Waals surface area contributed by atoms with Gasteiger partial charge in [0.2, 0.25) is 0 Å². The molecule has 0 rings (SSSR count). The van der Waals surface area contributed by atoms with Crippen LogP contribution < -0.4 is 0 Å². The molecule has 0 aliphatic heterocycles. The van der Waals surface area contributed by atoms with Crippen LogP contribution in [0.15, 0.2) is 0 Å². The van der Waals surface area contributed by atoms with Crippen LogP contribution in [-0.4, -0.2) is 23.7 Å². The summed E-state index contributed by atoms with van der Waals surface area (Å²) < 4.78 is 4.24. The van der Waals surface area contributed by atoms with E-state index >= 15 is 0 Å². The molecule has 0 unspecified atom stereocenters. The van der Waals surface area contributed by atoms with E-state index in [1.807, 2.05) is 0 Å². The average molecular weight is 160 g/mol. The van der Waals surface area contributed by atoms with Gasteiger partial charge in [-0.3, -0.25) is 4.79 Å². The lowest BCUT2D eigenvalue weighted by atomic mass is 9.97. The fourth-order valence-corrected chi connectivity index (χ4v) is 0.289. The molecule has 0 aliphatic rings. The molecule has 0 saturated heterocycles. The second-order valence-corrected chi connectivity index (χ2v) is 3.17. The zero-order valence-electron chi connectivity index (χ0n) is 6.88. The van der Waals surface area contributed by atoms with Crippen molar-refractivity contribution in [1.29, 1.82) is 0 Å². The van der Waals surface area contributed by atoms with Crippen molar-refractivity contribution in [3.63, 3.8) is 0 Å². The van der Waals surface area contributed by atoms with Crippen molar-refractivity contribution < 1.29 is 19.4 Å². The summed E-state index contributed by atoms with van der Waals surface area (Å²) in [6, 6.07) is 0. The molecule has 4 nitrogen and oxygen atoms in total. The van der Waals surface area contributed by atoms with E-state index in [-0.39, 0.29) is 0 Å². The van der Waals surface area contributed by atoms with Gasteiger partial charge in [-0.05, 0) is 20.8 Å². The summed E-state index contributed by atoms with van der Waals surface area (Å²) in [5, 5.41) is 8.22. The molecule has 0 aromatic rings. The van der Waals surface area contributed by atoms with Gasteiger partial charge in [-0.2, -0.15) is 0 Å². The Bertz CT molecular complexity index is 166. The van der Waals surface area contributed by atoms with Crippen molar-refractivity contribution >= 4 is 11.9 Å². The first-order valence-corrected chi connectivity index (χ1v) is 3.24. The first kappa shape index (κ1) is 10.1. The molecule has 0 aromatic heterocycles. The first-order valence-electron chi connectivity index (χ1n) is 3.24. The zero-order chi connectivity index (χ0) is 9.07. The number of hydrogen-bond acceptors (Lipinski definition) is 4. The molecule has 1 N–H and O–H groups in total. The van der Waals surface area contributed by atoms with Crippen molar-refractivity contribution in [2.75, 3.05) is 6.61 Å². The normalized spacial score (nSPS) is 10.9. The minimum atomic E-state index is -0.912. The van der Waals surface area contributed by atoms with Gasteiger partial charge in [-0.25, -0.2) is 4.79 Å². The molecule has 0 aliphatic carbocycles. The van der Waals surface area contributed by atoms with Crippen LogP contribution in [0, 0.1) is 5.41 Å². The minimum Gasteiger partial charge on any atom is -0.391 e. The van der Waals surface area contributed by atoms with E-state index in [9.17, 15) is 9.59 Å². The predicted molar refractivity (Wildman–Crippen MR) is 37.6 cm³/mol. The predicted octanol–water partition coefficient (Wildman–Crippen LogP) is 0.0946. The Morgan fingerprint density at radius 3 is 2.09 bits per heavy atom. The van der Waals surface area contributed by atoms with E-state index in [4.69, 9.17) is 5.11 Å². The van der Waals surface area contributed by atoms with E-state index in [0.29, 0.717) is 0 Å². The lowest BCUT2D eigenvalue weighted by Gasteiger charge is -2.14. The third-order valence-corrected chi connectivity index (χ3v) is 0.948. The average Bonchev–Trinajstić information content (AvgIpc) is 1.85. The number of carbonyl (C=O) groups excluding carboxylic acids is 2. The Morgan fingerprint density at radius 2 is 1.82 bits per heavy atom. The zero-order valence-corrected chi connectivity index (χ0v) is 6.88. The summed E-state index contributed by atoms with van der Waals surface area (Å²) in [7, 11) is 0. The third kappa shape index (κ3) is 3.72. The van der Waals surface area contributed by atoms with Crippen LogP contribution in [0.25, 0.3) is 0 Å². The smallest absolute Gasteiger partial charge is 0.339 e. The van der Waals surface area contributed by atoms with Crippen LogP contribution in [0.3, 0.4) is 0 Å². The Hall–Kier alpha value is -0.900. The van der Waals surface area contributed by atoms with E-state index < -0.39 is 24.0 Å². The third-order valence-electron chi connectivity index (χ3n) is 0.948. The Kier molecular flexibility index (Phi) is 3.19. The second-order valence-electron chi connectivity index (χ2n) is 3.17. The number of rotatable bonds is 1. The number of ether oxygens (including phenoxy) is 1. The molecular weight excluding hydrogens is 148 g/mol. The number of hydrogen-bond donors (Lipinski definition) is 1. The highest BCUT2D eigenvalue weighted by atomic mass is 16.6. The number of esters is 2. The van der Waals surface area contributed by atoms with Crippen LogP contribution in [0.5, 0.6) is 0 Å². The van der Waals surface area contributed by atoms with E-state index in [0.717, 1.165) is 0 Å². The van der Waals surface area contributed by atoms with Gasteiger partial charge in [0.15, 0.2) is 0 Å². The topological polar surface area (TPSA) is 63.6 Å². The maximum absolute atomic E-state index is 10.9. The second kappa shape index (κ2) is 3.48. The van der Waals surface area contributed by atoms with Gasteiger partial charge >= 0.3 is 11.9 Å². The van der Waals surface area contributed by atoms with Crippen LogP contribution >= 0.6 is 0 Å². The minimum absolute atomic E-state index is 0.628. The maximum atomic E-state index is 10.9. The van der Waals surface area contributed by atoms with Gasteiger partial charge in [0.1, 0.15) is 6.61 Å². The Balaban J connectivity index is 3.99. The van der Waals surface area contributed by atoms with Gasteiger partial charge in [0, 0.05) is 0 Å². The SMILES string of the molecule is CC(C)(C)C(=O)OC(=O)CO. The number of aliphatic hydroxyl groups is 1. The molecule has 0 fully saturated rings. The molecule has 4 heteroatoms. The van der Waals surface area contributed by atoms with Crippen molar-refractivity contribution in [2.24, 2.45) is 5.41 Å². The van der Waals surface area contributed by atoms with Crippen molar-refractivity contribution in [1.82, 2.24) is 0 Å². The fourth-order valence-electron chi connectivity index (χ4n) is 0.289. The summed E-state index contributed by atoms with van der Waals surface area (Å²) in [6.45, 7) is 4.11. The van der Waals surface area contributed by atoms with Gasteiger partial charge in [-0.15, -0.1) is 0 Å². The molecule has 0 atom stereocenters. The maximum Gasteiger partial charge on any atom is 0.339 e. The van der Waals surface area contributed by atoms with E-state index in [2.05, 4.69) is 4.74 Å². The van der Waals surface area contributed by atoms with Gasteiger partial charge in [0.25, 0.3) is 0 Å². The highest BCUT2D eigenvalue weighted by Crippen LogP contribution is 2.14. The molecule has 0 radical (unpaired) electrons. The van der Waals surface area contributed by atoms with Gasteiger partial charge < -0.3 is 9.84 Å². The molecule has 0 bridgehead atoms. The Labute approximate surface area is 65.2 Å². The molecular formula is C7H12O4. The van der Waals surface area contributed by atoms with Gasteiger partial charge in [-0.1, -0.05) is 0 Å². The molecule has 0 spiro atoms. The van der Waals surface area contributed by atoms with Gasteiger partial charge in [0.05, 0.1) is 5.41 Å². The fraction of sp³-hybridized carbons (Fsp3) is 0.714. The van der Waals surface area contributed by atoms with Crippen molar-refractivity contribution in [3.8, 4) is 0 Å². The molecule has 11 heavy (non-hydrogen) atoms. The molecule has 0 heterocycles. The van der Waals surface area contributed by atoms with Crippen LogP contribution in [0.4, 0.5) is 0 Å². The molecule has 0 saturated carbocycles. The van der Waals surface area contributed by atoms with Crippen molar-refractivity contribution in [3.05, 3.63) is 0 Å². The van der Waals surface area contributed by atoms with E-state index in [1.165, 1.54) is 0 Å². The molecule has 64 valence electrons. The highest BCUT2D eigenvalue weighted by Gasteiger charge is 2.25. The largest absolute Gasteiger partial charge is 0.391 e. The Morgan fingerprint density at radius 1 is 1.36 bits per heavy atom. The van der Waals surface area contributed by atoms with Crippen LogP contribution in [-0.2, 0) is 14.3 Å². The standard InChI is InChI=1S/C7H12O4/c1-7(2,3)6(10)11-5(9)4-8/h8H,4H2,1-3H3. The van der Waals surface area contributed by atoms with Crippen LogP contribution in [0.2, 0.25) is 0 Å². The first-order chi connectivity index (χ1) is 4.88. The molecule has 0 amide bonds. The summed E-state index contributed by atoms with van der Waals surface area (Å²) in [5.74, 6) is -1.54. The molecule has 0 aromatic carbocycles. The van der Waals surface area contributed by atoms with E-state index in [1.54, 1.807) is 20.8 Å². The monoisotopic (exact) mass is 160 g/mol. The number of aliphatic hydroxyl groups excluding tert-OH is 1. The summed E-state index contributed by atoms with van der Waals surface area (Å²) >= 11 is 0. The van der Waals surface area contributed by atoms with Crippen molar-refractivity contribution in [2.45, 2.75) is 20.8 Å². The highest BCUT2D eigenvalue weighted by molar-refractivity contribution is 5.88. The summed E-state index contributed by atoms with van der Waals surface area (Å²) in [5.41, 5.74) is -0.704. The summed E-state index contributed by atoms with van der Waals surface area (Å²) in [4.78, 5) is 21.3. The lowest BCUT2D eigenvalue weighted by Crippen LogP contribution is -2.26. The number of carbonyl (C=O) groups is 2.